The number of hydrogen-bond donors (Lipinski definition) is 1. The summed E-state index contributed by atoms with van der Waals surface area (Å²) in [6.45, 7) is 6.90. The number of unbranched alkanes of at least 4 members (excludes halogenated alkanes) is 8. The molecule has 3 rings (SSSR count). The summed E-state index contributed by atoms with van der Waals surface area (Å²) >= 11 is 0. The molecule has 0 saturated heterocycles. The van der Waals surface area contributed by atoms with Crippen LogP contribution in [0.25, 0.3) is 11.1 Å². The zero-order valence-corrected chi connectivity index (χ0v) is 27.1. The smallest absolute Gasteiger partial charge is 0.343 e. The molecule has 0 fully saturated rings. The molecule has 0 amide bonds. The lowest BCUT2D eigenvalue weighted by Gasteiger charge is -2.19. The van der Waals surface area contributed by atoms with Crippen LogP contribution in [0.5, 0.6) is 17.2 Å². The van der Waals surface area contributed by atoms with E-state index in [0.717, 1.165) is 43.2 Å². The Balaban J connectivity index is 1.54. The van der Waals surface area contributed by atoms with Gasteiger partial charge in [-0.15, -0.1) is 0 Å². The van der Waals surface area contributed by atoms with Gasteiger partial charge < -0.3 is 19.1 Å². The average Bonchev–Trinajstić information content (AvgIpc) is 3.06. The lowest BCUT2D eigenvalue weighted by atomic mass is 10.0. The number of esters is 2. The molecule has 0 spiro atoms. The summed E-state index contributed by atoms with van der Waals surface area (Å²) in [4.78, 5) is 34.8. The maximum atomic E-state index is 12.9. The molecule has 2 N–H and O–H groups in total. The standard InChI is InChI=1S/C37H49NO7/c1-4-7-9-11-12-14-26-41-36(39)30-18-16-28(17-19-30)29-20-23-33(24-21-29)43-37(40)31-22-25-34(35(27-31)44-45-38)42-32(6-3)15-13-10-8-5-2/h16-25,27,32H,4-15,26,38H2,1-3H3. The van der Waals surface area contributed by atoms with E-state index >= 15 is 0 Å². The Morgan fingerprint density at radius 2 is 1.27 bits per heavy atom. The third-order valence-electron chi connectivity index (χ3n) is 7.70. The van der Waals surface area contributed by atoms with Gasteiger partial charge in [-0.1, -0.05) is 101 Å². The molecular formula is C37H49NO7. The maximum absolute atomic E-state index is 12.9. The van der Waals surface area contributed by atoms with E-state index in [1.165, 1.54) is 51.0 Å². The lowest BCUT2D eigenvalue weighted by Crippen LogP contribution is -2.17. The van der Waals surface area contributed by atoms with Crippen molar-refractivity contribution in [2.75, 3.05) is 6.61 Å². The van der Waals surface area contributed by atoms with Gasteiger partial charge in [-0.05, 0) is 73.2 Å². The number of hydrogen-bond acceptors (Lipinski definition) is 8. The summed E-state index contributed by atoms with van der Waals surface area (Å²) in [5.74, 6) is 5.32. The predicted octanol–water partition coefficient (Wildman–Crippen LogP) is 9.40. The molecule has 0 aromatic heterocycles. The van der Waals surface area contributed by atoms with Crippen LogP contribution in [0.3, 0.4) is 0 Å². The van der Waals surface area contributed by atoms with Gasteiger partial charge in [-0.25, -0.2) is 9.59 Å². The molecular weight excluding hydrogens is 570 g/mol. The quantitative estimate of drug-likeness (QED) is 0.0413. The van der Waals surface area contributed by atoms with Crippen molar-refractivity contribution >= 4 is 11.9 Å². The van der Waals surface area contributed by atoms with Crippen molar-refractivity contribution in [3.63, 3.8) is 0 Å². The van der Waals surface area contributed by atoms with E-state index in [2.05, 4.69) is 25.8 Å². The normalized spacial score (nSPS) is 11.6. The van der Waals surface area contributed by atoms with Crippen LogP contribution in [0.2, 0.25) is 0 Å². The van der Waals surface area contributed by atoms with Gasteiger partial charge in [0, 0.05) is 6.07 Å². The number of carbonyl (C=O) groups is 2. The molecule has 3 aromatic carbocycles. The predicted molar refractivity (Wildman–Crippen MR) is 176 cm³/mol. The van der Waals surface area contributed by atoms with E-state index in [0.29, 0.717) is 23.7 Å². The summed E-state index contributed by atoms with van der Waals surface area (Å²) in [5, 5.41) is 0. The highest BCUT2D eigenvalue weighted by Crippen LogP contribution is 2.31. The molecule has 8 heteroatoms. The van der Waals surface area contributed by atoms with Crippen LogP contribution in [0.1, 0.15) is 119 Å². The number of nitrogens with two attached hydrogens (primary N) is 1. The fourth-order valence-electron chi connectivity index (χ4n) is 4.98. The second-order valence-corrected chi connectivity index (χ2v) is 11.2. The Morgan fingerprint density at radius 3 is 1.91 bits per heavy atom. The van der Waals surface area contributed by atoms with Gasteiger partial charge in [0.1, 0.15) is 5.75 Å². The number of carbonyl (C=O) groups excluding carboxylic acids is 2. The Bertz CT molecular complexity index is 1290. The molecule has 0 bridgehead atoms. The van der Waals surface area contributed by atoms with Gasteiger partial charge in [0.2, 0.25) is 5.75 Å². The molecule has 1 atom stereocenters. The molecule has 0 aliphatic carbocycles. The topological polar surface area (TPSA) is 106 Å². The fraction of sp³-hybridized carbons (Fsp3) is 0.459. The van der Waals surface area contributed by atoms with Crippen LogP contribution in [0.15, 0.2) is 66.7 Å². The van der Waals surface area contributed by atoms with Crippen LogP contribution >= 0.6 is 0 Å². The SMILES string of the molecule is CCCCCCCCOC(=O)c1ccc(-c2ccc(OC(=O)c3ccc(OC(CC)CCCCCC)c(OON)c3)cc2)cc1. The first kappa shape index (κ1) is 35.6. The van der Waals surface area contributed by atoms with Crippen LogP contribution in [0, 0.1) is 0 Å². The summed E-state index contributed by atoms with van der Waals surface area (Å²) in [7, 11) is 0. The Hall–Kier alpha value is -3.88. The van der Waals surface area contributed by atoms with Crippen LogP contribution < -0.4 is 20.3 Å². The van der Waals surface area contributed by atoms with Gasteiger partial charge in [-0.2, -0.15) is 5.90 Å². The highest BCUT2D eigenvalue weighted by atomic mass is 17.3. The minimum absolute atomic E-state index is 0.0122. The van der Waals surface area contributed by atoms with E-state index < -0.39 is 5.97 Å². The molecule has 45 heavy (non-hydrogen) atoms. The Morgan fingerprint density at radius 1 is 0.667 bits per heavy atom. The van der Waals surface area contributed by atoms with Crippen molar-refractivity contribution in [1.82, 2.24) is 0 Å². The van der Waals surface area contributed by atoms with E-state index in [1.54, 1.807) is 36.4 Å². The first-order chi connectivity index (χ1) is 22.0. The lowest BCUT2D eigenvalue weighted by molar-refractivity contribution is -0.212. The minimum Gasteiger partial charge on any atom is -0.486 e. The van der Waals surface area contributed by atoms with Gasteiger partial charge >= 0.3 is 11.9 Å². The number of ether oxygens (including phenoxy) is 3. The molecule has 0 radical (unpaired) electrons. The van der Waals surface area contributed by atoms with Crippen molar-refractivity contribution in [3.05, 3.63) is 77.9 Å². The molecule has 3 aromatic rings. The van der Waals surface area contributed by atoms with E-state index in [4.69, 9.17) is 25.0 Å². The first-order valence-electron chi connectivity index (χ1n) is 16.4. The third-order valence-corrected chi connectivity index (χ3v) is 7.70. The van der Waals surface area contributed by atoms with E-state index in [9.17, 15) is 9.59 Å². The zero-order valence-electron chi connectivity index (χ0n) is 27.1. The summed E-state index contributed by atoms with van der Waals surface area (Å²) in [5.41, 5.74) is 2.62. The Kier molecular flexibility index (Phi) is 16.0. The van der Waals surface area contributed by atoms with E-state index in [-0.39, 0.29) is 23.4 Å². The van der Waals surface area contributed by atoms with Gasteiger partial charge in [-0.3, -0.25) is 0 Å². The second kappa shape index (κ2) is 20.2. The van der Waals surface area contributed by atoms with Gasteiger partial charge in [0.15, 0.2) is 5.75 Å². The summed E-state index contributed by atoms with van der Waals surface area (Å²) in [6.07, 6.45) is 13.3. The molecule has 244 valence electrons. The largest absolute Gasteiger partial charge is 0.486 e. The van der Waals surface area contributed by atoms with Crippen molar-refractivity contribution < 1.29 is 33.7 Å². The fourth-order valence-corrected chi connectivity index (χ4v) is 4.98. The van der Waals surface area contributed by atoms with Crippen LogP contribution in [-0.4, -0.2) is 24.6 Å². The molecule has 8 nitrogen and oxygen atoms in total. The highest BCUT2D eigenvalue weighted by Gasteiger charge is 2.18. The van der Waals surface area contributed by atoms with Crippen LogP contribution in [-0.2, 0) is 9.73 Å². The molecule has 0 aliphatic rings. The van der Waals surface area contributed by atoms with Crippen molar-refractivity contribution in [2.45, 2.75) is 104 Å². The van der Waals surface area contributed by atoms with Gasteiger partial charge in [0.05, 0.1) is 23.8 Å². The van der Waals surface area contributed by atoms with Crippen molar-refractivity contribution in [3.8, 4) is 28.4 Å². The molecule has 0 aliphatic heterocycles. The van der Waals surface area contributed by atoms with E-state index in [1.807, 2.05) is 24.3 Å². The number of rotatable bonds is 21. The van der Waals surface area contributed by atoms with Gasteiger partial charge in [0.25, 0.3) is 0 Å². The zero-order chi connectivity index (χ0) is 32.3. The average molecular weight is 620 g/mol. The maximum Gasteiger partial charge on any atom is 0.343 e. The minimum atomic E-state index is -0.563. The Labute approximate surface area is 268 Å². The molecule has 0 saturated carbocycles. The number of benzene rings is 3. The summed E-state index contributed by atoms with van der Waals surface area (Å²) in [6, 6.07) is 19.2. The first-order valence-corrected chi connectivity index (χ1v) is 16.4. The molecule has 1 unspecified atom stereocenters. The van der Waals surface area contributed by atoms with Crippen molar-refractivity contribution in [2.24, 2.45) is 5.90 Å². The van der Waals surface area contributed by atoms with Crippen LogP contribution in [0.4, 0.5) is 0 Å². The monoisotopic (exact) mass is 619 g/mol. The third kappa shape index (κ3) is 12.2. The molecule has 0 heterocycles. The highest BCUT2D eigenvalue weighted by molar-refractivity contribution is 5.92. The summed E-state index contributed by atoms with van der Waals surface area (Å²) < 4.78 is 17.2. The second-order valence-electron chi connectivity index (χ2n) is 11.2. The van der Waals surface area contributed by atoms with Crippen molar-refractivity contribution in [1.29, 1.82) is 0 Å².